The van der Waals surface area contributed by atoms with Gasteiger partial charge in [-0.25, -0.2) is 0 Å². The van der Waals surface area contributed by atoms with Crippen LogP contribution in [0, 0.1) is 0 Å². The molecule has 2 aromatic carbocycles. The van der Waals surface area contributed by atoms with E-state index in [2.05, 4.69) is 0 Å². The van der Waals surface area contributed by atoms with Gasteiger partial charge in [-0.3, -0.25) is 9.59 Å². The van der Waals surface area contributed by atoms with Crippen molar-refractivity contribution in [1.29, 1.82) is 0 Å². The molecule has 0 bridgehead atoms. The first kappa shape index (κ1) is 22.5. The maximum Gasteiger partial charge on any atom is 0.260 e. The van der Waals surface area contributed by atoms with Gasteiger partial charge < -0.3 is 24.0 Å². The van der Waals surface area contributed by atoms with Gasteiger partial charge in [-0.2, -0.15) is 0 Å². The Hall–Kier alpha value is -3.22. The normalized spacial score (nSPS) is 14.0. The second kappa shape index (κ2) is 11.2. The molecule has 7 heteroatoms. The number of benzene rings is 2. The summed E-state index contributed by atoms with van der Waals surface area (Å²) >= 11 is 0. The molecule has 7 nitrogen and oxygen atoms in total. The van der Waals surface area contributed by atoms with E-state index in [0.717, 1.165) is 12.0 Å². The summed E-state index contributed by atoms with van der Waals surface area (Å²) in [6, 6.07) is 15.0. The van der Waals surface area contributed by atoms with Crippen LogP contribution in [0.5, 0.6) is 17.2 Å². The molecule has 1 heterocycles. The fourth-order valence-electron chi connectivity index (χ4n) is 3.61. The van der Waals surface area contributed by atoms with Crippen molar-refractivity contribution in [3.63, 3.8) is 0 Å². The Bertz CT molecular complexity index is 872. The molecule has 1 aliphatic rings. The molecule has 3 rings (SSSR count). The molecule has 0 aliphatic carbocycles. The summed E-state index contributed by atoms with van der Waals surface area (Å²) in [5.41, 5.74) is 1.02. The van der Waals surface area contributed by atoms with E-state index in [-0.39, 0.29) is 18.4 Å². The van der Waals surface area contributed by atoms with Crippen LogP contribution in [0.1, 0.15) is 18.4 Å². The van der Waals surface area contributed by atoms with Crippen molar-refractivity contribution >= 4 is 11.8 Å². The third kappa shape index (κ3) is 6.38. The van der Waals surface area contributed by atoms with Gasteiger partial charge in [0.25, 0.3) is 5.91 Å². The summed E-state index contributed by atoms with van der Waals surface area (Å²) in [5.74, 6) is 2.06. The van der Waals surface area contributed by atoms with Gasteiger partial charge in [0.15, 0.2) is 18.1 Å². The maximum absolute atomic E-state index is 12.7. The first-order valence-electron chi connectivity index (χ1n) is 10.5. The van der Waals surface area contributed by atoms with E-state index in [1.807, 2.05) is 53.4 Å². The molecule has 0 N–H and O–H groups in total. The van der Waals surface area contributed by atoms with Gasteiger partial charge in [-0.15, -0.1) is 0 Å². The second-order valence-corrected chi connectivity index (χ2v) is 7.41. The van der Waals surface area contributed by atoms with Crippen molar-refractivity contribution in [2.75, 3.05) is 47.0 Å². The molecule has 2 aromatic rings. The van der Waals surface area contributed by atoms with E-state index < -0.39 is 0 Å². The van der Waals surface area contributed by atoms with Gasteiger partial charge in [0.05, 0.1) is 14.2 Å². The van der Waals surface area contributed by atoms with Gasteiger partial charge in [-0.1, -0.05) is 24.3 Å². The smallest absolute Gasteiger partial charge is 0.260 e. The number of hydrogen-bond acceptors (Lipinski definition) is 5. The van der Waals surface area contributed by atoms with Crippen molar-refractivity contribution in [1.82, 2.24) is 9.80 Å². The number of nitrogens with zero attached hydrogens (tertiary/aromatic N) is 2. The van der Waals surface area contributed by atoms with Crippen molar-refractivity contribution < 1.29 is 23.8 Å². The van der Waals surface area contributed by atoms with E-state index in [0.29, 0.717) is 56.3 Å². The lowest BCUT2D eigenvalue weighted by Gasteiger charge is -2.22. The SMILES string of the molecule is COc1ccc(CCC(=O)N2CCCN(C(=O)COc3ccccc3)CC2)cc1OC. The van der Waals surface area contributed by atoms with Gasteiger partial charge in [0.1, 0.15) is 5.75 Å². The number of ether oxygens (including phenoxy) is 3. The van der Waals surface area contributed by atoms with Gasteiger partial charge in [-0.05, 0) is 42.7 Å². The van der Waals surface area contributed by atoms with E-state index in [1.54, 1.807) is 19.1 Å². The Kier molecular flexibility index (Phi) is 8.15. The zero-order valence-electron chi connectivity index (χ0n) is 18.2. The third-order valence-corrected chi connectivity index (χ3v) is 5.38. The topological polar surface area (TPSA) is 68.3 Å². The fourth-order valence-corrected chi connectivity index (χ4v) is 3.61. The minimum absolute atomic E-state index is 0.0112. The van der Waals surface area contributed by atoms with Crippen LogP contribution >= 0.6 is 0 Å². The van der Waals surface area contributed by atoms with E-state index in [9.17, 15) is 9.59 Å². The molecule has 0 atom stereocenters. The van der Waals surface area contributed by atoms with Gasteiger partial charge >= 0.3 is 0 Å². The summed E-state index contributed by atoms with van der Waals surface area (Å²) in [5, 5.41) is 0. The lowest BCUT2D eigenvalue weighted by molar-refractivity contribution is -0.134. The molecule has 1 fully saturated rings. The van der Waals surface area contributed by atoms with Crippen LogP contribution in [0.3, 0.4) is 0 Å². The molecule has 0 unspecified atom stereocenters. The molecular formula is C24H30N2O5. The monoisotopic (exact) mass is 426 g/mol. The molecule has 1 aliphatic heterocycles. The first-order valence-corrected chi connectivity index (χ1v) is 10.5. The predicted octanol–water partition coefficient (Wildman–Crippen LogP) is 2.78. The number of aryl methyl sites for hydroxylation is 1. The van der Waals surface area contributed by atoms with Crippen LogP contribution in [0.4, 0.5) is 0 Å². The highest BCUT2D eigenvalue weighted by Gasteiger charge is 2.22. The molecule has 2 amide bonds. The fraction of sp³-hybridized carbons (Fsp3) is 0.417. The summed E-state index contributed by atoms with van der Waals surface area (Å²) in [6.07, 6.45) is 1.81. The van der Waals surface area contributed by atoms with Gasteiger partial charge in [0.2, 0.25) is 5.91 Å². The molecule has 0 aromatic heterocycles. The molecule has 0 spiro atoms. The van der Waals surface area contributed by atoms with Crippen LogP contribution in [0.2, 0.25) is 0 Å². The number of rotatable bonds is 8. The minimum atomic E-state index is -0.0523. The van der Waals surface area contributed by atoms with Crippen LogP contribution in [-0.2, 0) is 16.0 Å². The summed E-state index contributed by atoms with van der Waals surface area (Å²) in [7, 11) is 3.20. The number of methoxy groups -OCH3 is 2. The zero-order chi connectivity index (χ0) is 22.1. The van der Waals surface area contributed by atoms with Gasteiger partial charge in [0, 0.05) is 32.6 Å². The second-order valence-electron chi connectivity index (χ2n) is 7.41. The number of para-hydroxylation sites is 1. The Balaban J connectivity index is 1.46. The summed E-state index contributed by atoms with van der Waals surface area (Å²) in [6.45, 7) is 2.38. The Morgan fingerprint density at radius 2 is 1.52 bits per heavy atom. The largest absolute Gasteiger partial charge is 0.493 e. The van der Waals surface area contributed by atoms with E-state index in [1.165, 1.54) is 0 Å². The first-order chi connectivity index (χ1) is 15.1. The predicted molar refractivity (Wildman–Crippen MR) is 118 cm³/mol. The Morgan fingerprint density at radius 3 is 2.19 bits per heavy atom. The summed E-state index contributed by atoms with van der Waals surface area (Å²) in [4.78, 5) is 28.9. The van der Waals surface area contributed by atoms with E-state index in [4.69, 9.17) is 14.2 Å². The van der Waals surface area contributed by atoms with Crippen molar-refractivity contribution in [2.45, 2.75) is 19.3 Å². The highest BCUT2D eigenvalue weighted by atomic mass is 16.5. The van der Waals surface area contributed by atoms with Crippen LogP contribution in [0.15, 0.2) is 48.5 Å². The zero-order valence-corrected chi connectivity index (χ0v) is 18.2. The maximum atomic E-state index is 12.7. The number of hydrogen-bond donors (Lipinski definition) is 0. The molecule has 0 radical (unpaired) electrons. The molecule has 0 saturated carbocycles. The average Bonchev–Trinajstić information content (AvgIpc) is 3.08. The molecule has 166 valence electrons. The Labute approximate surface area is 183 Å². The van der Waals surface area contributed by atoms with Crippen molar-refractivity contribution in [2.24, 2.45) is 0 Å². The molecule has 31 heavy (non-hydrogen) atoms. The van der Waals surface area contributed by atoms with Crippen LogP contribution in [-0.4, -0.2) is 68.6 Å². The summed E-state index contributed by atoms with van der Waals surface area (Å²) < 4.78 is 16.2. The van der Waals surface area contributed by atoms with Crippen molar-refractivity contribution in [3.05, 3.63) is 54.1 Å². The minimum Gasteiger partial charge on any atom is -0.493 e. The van der Waals surface area contributed by atoms with Crippen LogP contribution < -0.4 is 14.2 Å². The molecular weight excluding hydrogens is 396 g/mol. The average molecular weight is 427 g/mol. The lowest BCUT2D eigenvalue weighted by Crippen LogP contribution is -2.39. The lowest BCUT2D eigenvalue weighted by atomic mass is 10.1. The Morgan fingerprint density at radius 1 is 0.839 bits per heavy atom. The number of carbonyl (C=O) groups is 2. The van der Waals surface area contributed by atoms with Crippen molar-refractivity contribution in [3.8, 4) is 17.2 Å². The van der Waals surface area contributed by atoms with Crippen LogP contribution in [0.25, 0.3) is 0 Å². The number of amides is 2. The number of carbonyl (C=O) groups excluding carboxylic acids is 2. The third-order valence-electron chi connectivity index (χ3n) is 5.38. The molecule has 1 saturated heterocycles. The highest BCUT2D eigenvalue weighted by Crippen LogP contribution is 2.28. The standard InChI is InChI=1S/C24H30N2O5/c1-29-21-11-9-19(17-22(21)30-2)10-12-23(27)25-13-6-14-26(16-15-25)24(28)18-31-20-7-4-3-5-8-20/h3-5,7-9,11,17H,6,10,12-16,18H2,1-2H3. The van der Waals surface area contributed by atoms with E-state index >= 15 is 0 Å². The highest BCUT2D eigenvalue weighted by molar-refractivity contribution is 5.79. The quantitative estimate of drug-likeness (QED) is 0.649.